The van der Waals surface area contributed by atoms with Gasteiger partial charge in [0.25, 0.3) is 11.8 Å². The van der Waals surface area contributed by atoms with E-state index >= 15 is 0 Å². The molecule has 6 heterocycles. The van der Waals surface area contributed by atoms with Crippen molar-refractivity contribution < 1.29 is 64.9 Å². The lowest BCUT2D eigenvalue weighted by Crippen LogP contribution is -2.13. The predicted octanol–water partition coefficient (Wildman–Crippen LogP) is 10.1. The molecule has 0 radical (unpaired) electrons. The Labute approximate surface area is 501 Å². The molecule has 0 fully saturated rings. The van der Waals surface area contributed by atoms with Crippen LogP contribution in [0.1, 0.15) is 82.7 Å². The Morgan fingerprint density at radius 1 is 0.461 bits per heavy atom. The summed E-state index contributed by atoms with van der Waals surface area (Å²) in [6, 6.07) is 29.7. The van der Waals surface area contributed by atoms with E-state index in [0.717, 1.165) is 87.9 Å². The molecule has 0 saturated heterocycles. The van der Waals surface area contributed by atoms with E-state index in [2.05, 4.69) is 40.5 Å². The Balaban J connectivity index is 0.000000162. The van der Waals surface area contributed by atoms with Gasteiger partial charge < -0.3 is 30.9 Å². The minimum Gasteiger partial charge on any atom is -0.481 e. The number of imidazole rings is 3. The fourth-order valence-corrected chi connectivity index (χ4v) is 9.07. The SMILES string of the molecule is COC(=O)Cc1cnc(Cc2ccc(N)cc2)n2ccnc12.COC(=O)Cc1cnc(Cc2ccc(NC(=O)c3ccc(C(F)(F)F)cc3)cc2)n2ccnc12.O=C(O)Cc1cnc(Cc2ccc(NC(=O)c3ccc(C(F)(F)F)cc3)cc2)n2ccnc12. The molecule has 0 bridgehead atoms. The Morgan fingerprint density at radius 2 is 0.775 bits per heavy atom. The molecule has 0 unspecified atom stereocenters. The molecule has 0 aliphatic heterocycles. The van der Waals surface area contributed by atoms with Crippen LogP contribution in [-0.4, -0.2) is 92.2 Å². The number of rotatable bonds is 16. The molecule has 11 rings (SSSR count). The smallest absolute Gasteiger partial charge is 0.416 e. The Morgan fingerprint density at radius 3 is 1.08 bits per heavy atom. The van der Waals surface area contributed by atoms with Gasteiger partial charge in [-0.2, -0.15) is 26.3 Å². The molecular weight excluding hydrogens is 1170 g/mol. The van der Waals surface area contributed by atoms with E-state index in [-0.39, 0.29) is 42.3 Å². The molecule has 5 N–H and O–H groups in total. The summed E-state index contributed by atoms with van der Waals surface area (Å²) in [4.78, 5) is 84.9. The van der Waals surface area contributed by atoms with Crippen LogP contribution < -0.4 is 16.4 Å². The number of aliphatic carboxylic acids is 1. The molecular formula is C63H52F6N12O8. The number of nitrogens with two attached hydrogens (primary N) is 1. The predicted molar refractivity (Wildman–Crippen MR) is 313 cm³/mol. The highest BCUT2D eigenvalue weighted by Gasteiger charge is 2.31. The number of carboxylic acids is 1. The number of ether oxygens (including phenoxy) is 2. The summed E-state index contributed by atoms with van der Waals surface area (Å²) in [7, 11) is 2.69. The van der Waals surface area contributed by atoms with E-state index in [4.69, 9.17) is 20.3 Å². The van der Waals surface area contributed by atoms with Crippen LogP contribution in [0.4, 0.5) is 43.4 Å². The summed E-state index contributed by atoms with van der Waals surface area (Å²) < 4.78 is 90.9. The van der Waals surface area contributed by atoms with Gasteiger partial charge in [-0.3, -0.25) is 37.2 Å². The van der Waals surface area contributed by atoms with Gasteiger partial charge in [-0.05, 0) is 102 Å². The Bertz CT molecular complexity index is 4320. The van der Waals surface area contributed by atoms with E-state index < -0.39 is 41.3 Å². The van der Waals surface area contributed by atoms with Gasteiger partial charge in [0, 0.05) is 120 Å². The number of alkyl halides is 6. The number of aromatic nitrogens is 9. The fourth-order valence-electron chi connectivity index (χ4n) is 9.07. The normalized spacial score (nSPS) is 11.3. The fraction of sp³-hybridized carbons (Fsp3) is 0.159. The maximum Gasteiger partial charge on any atom is 0.416 e. The van der Waals surface area contributed by atoms with Gasteiger partial charge in [-0.1, -0.05) is 36.4 Å². The van der Waals surface area contributed by atoms with Gasteiger partial charge in [-0.15, -0.1) is 0 Å². The zero-order chi connectivity index (χ0) is 63.4. The number of nitrogen functional groups attached to an aromatic ring is 1. The molecule has 0 saturated carbocycles. The number of halogens is 6. The molecule has 6 aromatic heterocycles. The first kappa shape index (κ1) is 62.2. The number of nitrogens with zero attached hydrogens (tertiary/aromatic N) is 9. The summed E-state index contributed by atoms with van der Waals surface area (Å²) in [6.07, 6.45) is 7.71. The van der Waals surface area contributed by atoms with Crippen LogP contribution in [0.25, 0.3) is 16.9 Å². The highest BCUT2D eigenvalue weighted by atomic mass is 19.4. The number of fused-ring (bicyclic) bond motifs is 3. The number of benzene rings is 5. The second kappa shape index (κ2) is 27.4. The topological polar surface area (TPSA) is 265 Å². The van der Waals surface area contributed by atoms with Crippen molar-refractivity contribution in [2.24, 2.45) is 0 Å². The third kappa shape index (κ3) is 16.0. The molecule has 5 aromatic carbocycles. The average molecular weight is 1220 g/mol. The average Bonchev–Trinajstić information content (AvgIpc) is 2.44. The largest absolute Gasteiger partial charge is 0.481 e. The summed E-state index contributed by atoms with van der Waals surface area (Å²) in [5.41, 5.74) is 12.7. The first-order chi connectivity index (χ1) is 42.6. The minimum absolute atomic E-state index is 0.0671. The molecule has 0 atom stereocenters. The van der Waals surface area contributed by atoms with Gasteiger partial charge in [0.2, 0.25) is 0 Å². The molecule has 26 heteroatoms. The van der Waals surface area contributed by atoms with Crippen molar-refractivity contribution in [2.45, 2.75) is 50.9 Å². The zero-order valence-corrected chi connectivity index (χ0v) is 47.2. The monoisotopic (exact) mass is 1220 g/mol. The number of amides is 2. The molecule has 454 valence electrons. The van der Waals surface area contributed by atoms with Crippen LogP contribution >= 0.6 is 0 Å². The lowest BCUT2D eigenvalue weighted by molar-refractivity contribution is -0.140. The number of carbonyl (C=O) groups is 5. The maximum atomic E-state index is 12.7. The number of anilines is 3. The quantitative estimate of drug-likeness (QED) is 0.0398. The lowest BCUT2D eigenvalue weighted by atomic mass is 10.1. The summed E-state index contributed by atoms with van der Waals surface area (Å²) in [6.45, 7) is 0. The van der Waals surface area contributed by atoms with Crippen molar-refractivity contribution in [1.82, 2.24) is 43.1 Å². The second-order valence-corrected chi connectivity index (χ2v) is 19.8. The highest BCUT2D eigenvalue weighted by molar-refractivity contribution is 6.05. The van der Waals surface area contributed by atoms with E-state index in [1.54, 1.807) is 88.6 Å². The van der Waals surface area contributed by atoms with Crippen LogP contribution in [0.3, 0.4) is 0 Å². The molecule has 20 nitrogen and oxygen atoms in total. The first-order valence-electron chi connectivity index (χ1n) is 26.9. The number of carboxylic acid groups (broad SMARTS) is 1. The van der Waals surface area contributed by atoms with Crippen molar-refractivity contribution in [2.75, 3.05) is 30.6 Å². The van der Waals surface area contributed by atoms with Crippen molar-refractivity contribution in [3.05, 3.63) is 250 Å². The number of carbonyl (C=O) groups excluding carboxylic acids is 4. The van der Waals surface area contributed by atoms with Gasteiger partial charge >= 0.3 is 30.3 Å². The van der Waals surface area contributed by atoms with E-state index in [0.29, 0.717) is 64.7 Å². The van der Waals surface area contributed by atoms with Crippen molar-refractivity contribution >= 4 is 63.7 Å². The second-order valence-electron chi connectivity index (χ2n) is 19.8. The van der Waals surface area contributed by atoms with Crippen LogP contribution in [0.2, 0.25) is 0 Å². The first-order valence-corrected chi connectivity index (χ1v) is 26.9. The van der Waals surface area contributed by atoms with Crippen molar-refractivity contribution in [3.63, 3.8) is 0 Å². The maximum absolute atomic E-state index is 12.7. The number of nitrogens with one attached hydrogen (secondary N) is 2. The number of hydrogen-bond acceptors (Lipinski definition) is 14. The zero-order valence-electron chi connectivity index (χ0n) is 47.2. The van der Waals surface area contributed by atoms with Gasteiger partial charge in [0.15, 0.2) is 0 Å². The Kier molecular flexibility index (Phi) is 19.1. The summed E-state index contributed by atoms with van der Waals surface area (Å²) in [5.74, 6) is -0.460. The van der Waals surface area contributed by atoms with Crippen LogP contribution in [-0.2, 0) is 74.7 Å². The van der Waals surface area contributed by atoms with Crippen LogP contribution in [0.5, 0.6) is 0 Å². The summed E-state index contributed by atoms with van der Waals surface area (Å²) in [5, 5.41) is 14.4. The molecule has 0 spiro atoms. The van der Waals surface area contributed by atoms with Crippen LogP contribution in [0.15, 0.2) is 177 Å². The molecule has 11 aromatic rings. The Hall–Kier alpha value is -11.3. The van der Waals surface area contributed by atoms with Gasteiger partial charge in [0.05, 0.1) is 44.6 Å². The molecule has 0 aliphatic rings. The lowest BCUT2D eigenvalue weighted by Gasteiger charge is -2.10. The number of methoxy groups -OCH3 is 2. The summed E-state index contributed by atoms with van der Waals surface area (Å²) >= 11 is 0. The van der Waals surface area contributed by atoms with E-state index in [1.165, 1.54) is 20.4 Å². The molecule has 2 amide bonds. The van der Waals surface area contributed by atoms with E-state index in [1.807, 2.05) is 47.0 Å². The van der Waals surface area contributed by atoms with Crippen molar-refractivity contribution in [3.8, 4) is 0 Å². The van der Waals surface area contributed by atoms with E-state index in [9.17, 15) is 50.3 Å². The third-order valence-corrected chi connectivity index (χ3v) is 13.6. The number of esters is 2. The molecule has 89 heavy (non-hydrogen) atoms. The molecule has 0 aliphatic carbocycles. The minimum atomic E-state index is -4.46. The number of hydrogen-bond donors (Lipinski definition) is 4. The van der Waals surface area contributed by atoms with Gasteiger partial charge in [0.1, 0.15) is 34.4 Å². The standard InChI is InChI=1S/C24H19F3N4O3.C23H17F3N4O3.C16H16N4O2/c1-34-21(32)13-17-14-29-20(31-11-10-28-22(17)31)12-15-2-8-19(9-3-15)30-23(33)16-4-6-18(7-5-16)24(25,26)27;24-23(25,26)17-5-3-15(4-6-17)22(33)29-18-7-1-14(2-8-18)11-19-28-13-16(12-20(31)32)21-27-9-10-30(19)21;1-22-15(21)9-12-10-19-14(20-7-6-18-16(12)20)8-11-2-4-13(17)5-3-11/h2-11,14H,12-13H2,1H3,(H,30,33);1-10,13H,11-12H2,(H,29,33)(H,31,32);2-7,10H,8-9,17H2,1H3. The highest BCUT2D eigenvalue weighted by Crippen LogP contribution is 2.31. The van der Waals surface area contributed by atoms with Crippen LogP contribution in [0, 0.1) is 0 Å². The van der Waals surface area contributed by atoms with Gasteiger partial charge in [-0.25, -0.2) is 29.9 Å². The van der Waals surface area contributed by atoms with Crippen molar-refractivity contribution in [1.29, 1.82) is 0 Å². The third-order valence-electron chi connectivity index (χ3n) is 13.6.